The summed E-state index contributed by atoms with van der Waals surface area (Å²) in [7, 11) is 3.86. The Kier molecular flexibility index (Phi) is 4.38. The molecule has 0 fully saturated rings. The largest absolute Gasteiger partial charge is 0.373 e. The number of hydrogen-bond donors (Lipinski definition) is 1. The maximum Gasteiger partial charge on any atom is 0.191 e. The fourth-order valence-electron chi connectivity index (χ4n) is 1.47. The van der Waals surface area contributed by atoms with Crippen LogP contribution in [0.5, 0.6) is 0 Å². The molecule has 0 atom stereocenters. The molecule has 5 nitrogen and oxygen atoms in total. The second kappa shape index (κ2) is 6.01. The number of nitrogens with zero attached hydrogens (tertiary/aromatic N) is 4. The Hall–Kier alpha value is -1.34. The maximum absolute atomic E-state index is 4.49. The SMILES string of the molecule is CNc1cc(N(C)Cc2cscn2)nc(SC)n1. The highest BCUT2D eigenvalue weighted by atomic mass is 32.2. The van der Waals surface area contributed by atoms with E-state index in [-0.39, 0.29) is 0 Å². The van der Waals surface area contributed by atoms with E-state index in [0.717, 1.165) is 29.0 Å². The van der Waals surface area contributed by atoms with Crippen LogP contribution in [-0.2, 0) is 6.54 Å². The summed E-state index contributed by atoms with van der Waals surface area (Å²) in [5, 5.41) is 5.86. The maximum atomic E-state index is 4.49. The highest BCUT2D eigenvalue weighted by Gasteiger charge is 2.09. The monoisotopic (exact) mass is 281 g/mol. The van der Waals surface area contributed by atoms with Gasteiger partial charge in [0.25, 0.3) is 0 Å². The van der Waals surface area contributed by atoms with Gasteiger partial charge in [0.1, 0.15) is 11.6 Å². The fourth-order valence-corrected chi connectivity index (χ4v) is 2.39. The van der Waals surface area contributed by atoms with Gasteiger partial charge in [-0.1, -0.05) is 11.8 Å². The van der Waals surface area contributed by atoms with Crippen molar-refractivity contribution in [3.8, 4) is 0 Å². The summed E-state index contributed by atoms with van der Waals surface area (Å²) in [5.41, 5.74) is 2.90. The van der Waals surface area contributed by atoms with Crippen LogP contribution in [-0.4, -0.2) is 35.3 Å². The standard InChI is InChI=1S/C11H15N5S2/c1-12-9-4-10(15-11(14-9)17-3)16(2)5-8-6-18-7-13-8/h4,6-7H,5H2,1-3H3,(H,12,14,15). The Bertz CT molecular complexity index is 478. The van der Waals surface area contributed by atoms with Crippen molar-refractivity contribution in [3.05, 3.63) is 22.7 Å². The van der Waals surface area contributed by atoms with Gasteiger partial charge in [-0.05, 0) is 6.26 Å². The first kappa shape index (κ1) is 13.1. The molecule has 0 aliphatic heterocycles. The summed E-state index contributed by atoms with van der Waals surface area (Å²) in [6.07, 6.45) is 1.97. The van der Waals surface area contributed by atoms with Crippen LogP contribution in [0.2, 0.25) is 0 Å². The zero-order chi connectivity index (χ0) is 13.0. The molecule has 0 unspecified atom stereocenters. The van der Waals surface area contributed by atoms with Crippen LogP contribution in [0.4, 0.5) is 11.6 Å². The zero-order valence-corrected chi connectivity index (χ0v) is 12.2. The van der Waals surface area contributed by atoms with E-state index in [1.54, 1.807) is 11.3 Å². The smallest absolute Gasteiger partial charge is 0.191 e. The number of aromatic nitrogens is 3. The lowest BCUT2D eigenvalue weighted by atomic mass is 10.4. The molecule has 2 aromatic heterocycles. The van der Waals surface area contributed by atoms with Crippen molar-refractivity contribution in [2.45, 2.75) is 11.7 Å². The van der Waals surface area contributed by atoms with Crippen molar-refractivity contribution < 1.29 is 0 Å². The van der Waals surface area contributed by atoms with Gasteiger partial charge in [-0.15, -0.1) is 11.3 Å². The first-order valence-electron chi connectivity index (χ1n) is 5.42. The average molecular weight is 281 g/mol. The van der Waals surface area contributed by atoms with E-state index in [1.165, 1.54) is 11.8 Å². The van der Waals surface area contributed by atoms with Crippen molar-refractivity contribution >= 4 is 34.7 Å². The number of nitrogens with one attached hydrogen (secondary N) is 1. The molecule has 0 saturated carbocycles. The molecule has 96 valence electrons. The lowest BCUT2D eigenvalue weighted by Gasteiger charge is -2.18. The summed E-state index contributed by atoms with van der Waals surface area (Å²) in [4.78, 5) is 15.2. The molecule has 2 rings (SSSR count). The number of rotatable bonds is 5. The van der Waals surface area contributed by atoms with Gasteiger partial charge in [0.05, 0.1) is 17.7 Å². The van der Waals surface area contributed by atoms with Gasteiger partial charge in [-0.3, -0.25) is 0 Å². The van der Waals surface area contributed by atoms with Gasteiger partial charge in [0, 0.05) is 25.5 Å². The first-order chi connectivity index (χ1) is 8.72. The Morgan fingerprint density at radius 2 is 2.28 bits per heavy atom. The van der Waals surface area contributed by atoms with E-state index in [0.29, 0.717) is 0 Å². The van der Waals surface area contributed by atoms with Crippen LogP contribution >= 0.6 is 23.1 Å². The topological polar surface area (TPSA) is 53.9 Å². The number of thiazole rings is 1. The second-order valence-corrected chi connectivity index (χ2v) is 5.18. The number of anilines is 2. The molecule has 0 aromatic carbocycles. The summed E-state index contributed by atoms with van der Waals surface area (Å²) >= 11 is 3.14. The first-order valence-corrected chi connectivity index (χ1v) is 7.58. The minimum Gasteiger partial charge on any atom is -0.373 e. The van der Waals surface area contributed by atoms with Crippen LogP contribution in [0.3, 0.4) is 0 Å². The Labute approximate surface area is 115 Å². The molecule has 1 N–H and O–H groups in total. The Balaban J connectivity index is 2.20. The summed E-state index contributed by atoms with van der Waals surface area (Å²) in [6.45, 7) is 0.748. The second-order valence-electron chi connectivity index (χ2n) is 3.68. The van der Waals surface area contributed by atoms with Crippen molar-refractivity contribution in [3.63, 3.8) is 0 Å². The fraction of sp³-hybridized carbons (Fsp3) is 0.364. The molecule has 0 amide bonds. The minimum absolute atomic E-state index is 0.748. The molecule has 0 aliphatic carbocycles. The lowest BCUT2D eigenvalue weighted by Crippen LogP contribution is -2.18. The molecule has 18 heavy (non-hydrogen) atoms. The third-order valence-electron chi connectivity index (χ3n) is 2.40. The molecule has 0 radical (unpaired) electrons. The molecule has 7 heteroatoms. The summed E-state index contributed by atoms with van der Waals surface area (Å²) < 4.78 is 0. The van der Waals surface area contributed by atoms with E-state index in [4.69, 9.17) is 0 Å². The quantitative estimate of drug-likeness (QED) is 0.670. The molecule has 0 bridgehead atoms. The highest BCUT2D eigenvalue weighted by Crippen LogP contribution is 2.20. The zero-order valence-electron chi connectivity index (χ0n) is 10.5. The van der Waals surface area contributed by atoms with Gasteiger partial charge in [-0.2, -0.15) is 0 Å². The third-order valence-corrected chi connectivity index (χ3v) is 3.59. The lowest BCUT2D eigenvalue weighted by molar-refractivity contribution is 0.843. The van der Waals surface area contributed by atoms with Crippen LogP contribution < -0.4 is 10.2 Å². The molecule has 2 aromatic rings. The van der Waals surface area contributed by atoms with E-state index < -0.39 is 0 Å². The third kappa shape index (κ3) is 3.11. The number of thioether (sulfide) groups is 1. The van der Waals surface area contributed by atoms with Crippen LogP contribution in [0.1, 0.15) is 5.69 Å². The van der Waals surface area contributed by atoms with Crippen molar-refractivity contribution in [2.75, 3.05) is 30.6 Å². The highest BCUT2D eigenvalue weighted by molar-refractivity contribution is 7.98. The minimum atomic E-state index is 0.748. The Morgan fingerprint density at radius 3 is 2.89 bits per heavy atom. The van der Waals surface area contributed by atoms with Crippen molar-refractivity contribution in [2.24, 2.45) is 0 Å². The summed E-state index contributed by atoms with van der Waals surface area (Å²) in [5.74, 6) is 1.72. The Morgan fingerprint density at radius 1 is 1.44 bits per heavy atom. The van der Waals surface area contributed by atoms with E-state index in [2.05, 4.69) is 25.2 Å². The predicted molar refractivity (Wildman–Crippen MR) is 77.6 cm³/mol. The predicted octanol–water partition coefficient (Wildman–Crippen LogP) is 2.33. The normalized spacial score (nSPS) is 10.4. The van der Waals surface area contributed by atoms with Gasteiger partial charge in [0.2, 0.25) is 0 Å². The van der Waals surface area contributed by atoms with Crippen LogP contribution in [0, 0.1) is 0 Å². The van der Waals surface area contributed by atoms with E-state index in [9.17, 15) is 0 Å². The molecule has 0 spiro atoms. The molecular weight excluding hydrogens is 266 g/mol. The van der Waals surface area contributed by atoms with Crippen LogP contribution in [0.25, 0.3) is 0 Å². The molecule has 0 saturated heterocycles. The van der Waals surface area contributed by atoms with Gasteiger partial charge in [0.15, 0.2) is 5.16 Å². The molecule has 2 heterocycles. The molecular formula is C11H15N5S2. The number of hydrogen-bond acceptors (Lipinski definition) is 7. The van der Waals surface area contributed by atoms with Gasteiger partial charge in [-0.25, -0.2) is 15.0 Å². The van der Waals surface area contributed by atoms with Crippen molar-refractivity contribution in [1.29, 1.82) is 0 Å². The summed E-state index contributed by atoms with van der Waals surface area (Å²) in [6, 6.07) is 1.94. The van der Waals surface area contributed by atoms with Gasteiger partial charge < -0.3 is 10.2 Å². The molecule has 0 aliphatic rings. The van der Waals surface area contributed by atoms with E-state index in [1.807, 2.05) is 37.3 Å². The van der Waals surface area contributed by atoms with Crippen molar-refractivity contribution in [1.82, 2.24) is 15.0 Å². The average Bonchev–Trinajstić information content (AvgIpc) is 2.90. The van der Waals surface area contributed by atoms with Crippen LogP contribution in [0.15, 0.2) is 22.1 Å². The van der Waals surface area contributed by atoms with E-state index >= 15 is 0 Å². The van der Waals surface area contributed by atoms with Gasteiger partial charge >= 0.3 is 0 Å².